The molecular formula is C15H24ClNO2. The van der Waals surface area contributed by atoms with Gasteiger partial charge in [-0.1, -0.05) is 29.8 Å². The first kappa shape index (κ1) is 16.4. The number of ether oxygens (including phenoxy) is 2. The summed E-state index contributed by atoms with van der Waals surface area (Å²) >= 11 is 6.11. The summed E-state index contributed by atoms with van der Waals surface area (Å²) in [6, 6.07) is 7.73. The van der Waals surface area contributed by atoms with Gasteiger partial charge in [0, 0.05) is 24.2 Å². The van der Waals surface area contributed by atoms with Gasteiger partial charge in [-0.3, -0.25) is 0 Å². The molecule has 0 heterocycles. The first-order valence-electron chi connectivity index (χ1n) is 6.51. The topological polar surface area (TPSA) is 30.5 Å². The monoisotopic (exact) mass is 285 g/mol. The van der Waals surface area contributed by atoms with E-state index in [0.29, 0.717) is 13.2 Å². The molecule has 0 saturated heterocycles. The van der Waals surface area contributed by atoms with Crippen LogP contribution in [0.4, 0.5) is 0 Å². The summed E-state index contributed by atoms with van der Waals surface area (Å²) in [6.07, 6.45) is 0.0143. The predicted octanol–water partition coefficient (Wildman–Crippen LogP) is 3.26. The minimum atomic E-state index is 0.0143. The van der Waals surface area contributed by atoms with Crippen LogP contribution in [0.2, 0.25) is 5.02 Å². The van der Waals surface area contributed by atoms with E-state index in [9.17, 15) is 0 Å². The molecule has 0 aliphatic carbocycles. The highest BCUT2D eigenvalue weighted by molar-refractivity contribution is 6.31. The first-order chi connectivity index (χ1) is 8.92. The number of methoxy groups -OCH3 is 1. The van der Waals surface area contributed by atoms with Crippen molar-refractivity contribution < 1.29 is 9.47 Å². The van der Waals surface area contributed by atoms with E-state index >= 15 is 0 Å². The average molecular weight is 286 g/mol. The van der Waals surface area contributed by atoms with Crippen molar-refractivity contribution in [1.82, 2.24) is 5.32 Å². The molecule has 0 aliphatic heterocycles. The van der Waals surface area contributed by atoms with Gasteiger partial charge in [0.2, 0.25) is 0 Å². The minimum Gasteiger partial charge on any atom is -0.382 e. The third-order valence-electron chi connectivity index (χ3n) is 2.64. The van der Waals surface area contributed by atoms with Gasteiger partial charge in [0.15, 0.2) is 0 Å². The molecule has 0 aliphatic rings. The van der Waals surface area contributed by atoms with Crippen LogP contribution in [-0.2, 0) is 16.1 Å². The lowest BCUT2D eigenvalue weighted by Gasteiger charge is -2.25. The maximum atomic E-state index is 6.11. The molecule has 1 rings (SSSR count). The number of rotatable bonds is 7. The van der Waals surface area contributed by atoms with Crippen molar-refractivity contribution >= 4 is 11.6 Å². The highest BCUT2D eigenvalue weighted by Crippen LogP contribution is 2.16. The highest BCUT2D eigenvalue weighted by Gasteiger charge is 2.15. The Kier molecular flexibility index (Phi) is 6.80. The molecule has 0 bridgehead atoms. The standard InChI is InChI=1S/C15H24ClNO2/c1-15(2,3)17-9-13(11-18-4)19-10-12-7-5-6-8-14(12)16/h5-8,13,17H,9-11H2,1-4H3. The summed E-state index contributed by atoms with van der Waals surface area (Å²) in [5, 5.41) is 4.16. The minimum absolute atomic E-state index is 0.0143. The quantitative estimate of drug-likeness (QED) is 0.834. The Bertz CT molecular complexity index is 377. The zero-order valence-corrected chi connectivity index (χ0v) is 13.0. The third-order valence-corrected chi connectivity index (χ3v) is 3.01. The Hall–Kier alpha value is -0.610. The van der Waals surface area contributed by atoms with Gasteiger partial charge < -0.3 is 14.8 Å². The zero-order valence-electron chi connectivity index (χ0n) is 12.2. The largest absolute Gasteiger partial charge is 0.382 e. The van der Waals surface area contributed by atoms with Crippen LogP contribution >= 0.6 is 11.6 Å². The summed E-state index contributed by atoms with van der Waals surface area (Å²) in [5.41, 5.74) is 1.07. The molecule has 0 radical (unpaired) electrons. The van der Waals surface area contributed by atoms with E-state index in [1.54, 1.807) is 7.11 Å². The lowest BCUT2D eigenvalue weighted by atomic mass is 10.1. The Morgan fingerprint density at radius 1 is 1.26 bits per heavy atom. The van der Waals surface area contributed by atoms with Gasteiger partial charge in [0.1, 0.15) is 0 Å². The van der Waals surface area contributed by atoms with Crippen LogP contribution in [0.5, 0.6) is 0 Å². The molecule has 0 fully saturated rings. The van der Waals surface area contributed by atoms with Gasteiger partial charge in [0.25, 0.3) is 0 Å². The Morgan fingerprint density at radius 3 is 2.53 bits per heavy atom. The molecule has 0 aromatic heterocycles. The van der Waals surface area contributed by atoms with E-state index in [2.05, 4.69) is 26.1 Å². The van der Waals surface area contributed by atoms with Crippen LogP contribution in [0, 0.1) is 0 Å². The van der Waals surface area contributed by atoms with Crippen LogP contribution in [-0.4, -0.2) is 31.9 Å². The number of nitrogens with one attached hydrogen (secondary N) is 1. The summed E-state index contributed by atoms with van der Waals surface area (Å²) in [7, 11) is 1.68. The van der Waals surface area contributed by atoms with Crippen molar-refractivity contribution in [3.8, 4) is 0 Å². The van der Waals surface area contributed by atoms with Gasteiger partial charge in [-0.15, -0.1) is 0 Å². The van der Waals surface area contributed by atoms with Gasteiger partial charge in [-0.25, -0.2) is 0 Å². The maximum Gasteiger partial charge on any atom is 0.0937 e. The summed E-state index contributed by atoms with van der Waals surface area (Å²) < 4.78 is 11.1. The summed E-state index contributed by atoms with van der Waals surface area (Å²) in [5.74, 6) is 0. The second-order valence-corrected chi connectivity index (χ2v) is 6.02. The average Bonchev–Trinajstić information content (AvgIpc) is 2.33. The van der Waals surface area contributed by atoms with E-state index in [-0.39, 0.29) is 11.6 Å². The number of hydrogen-bond donors (Lipinski definition) is 1. The van der Waals surface area contributed by atoms with Crippen molar-refractivity contribution in [3.05, 3.63) is 34.9 Å². The predicted molar refractivity (Wildman–Crippen MR) is 79.7 cm³/mol. The van der Waals surface area contributed by atoms with E-state index < -0.39 is 0 Å². The van der Waals surface area contributed by atoms with Crippen LogP contribution in [0.1, 0.15) is 26.3 Å². The van der Waals surface area contributed by atoms with Crippen LogP contribution in [0.25, 0.3) is 0 Å². The van der Waals surface area contributed by atoms with Crippen molar-refractivity contribution in [2.45, 2.75) is 39.0 Å². The molecule has 0 spiro atoms. The molecule has 3 nitrogen and oxygen atoms in total. The van der Waals surface area contributed by atoms with Crippen LogP contribution < -0.4 is 5.32 Å². The highest BCUT2D eigenvalue weighted by atomic mass is 35.5. The van der Waals surface area contributed by atoms with Crippen molar-refractivity contribution in [2.24, 2.45) is 0 Å². The van der Waals surface area contributed by atoms with E-state index in [1.165, 1.54) is 0 Å². The molecule has 108 valence electrons. The van der Waals surface area contributed by atoms with Crippen molar-refractivity contribution in [1.29, 1.82) is 0 Å². The first-order valence-corrected chi connectivity index (χ1v) is 6.89. The normalized spacial score (nSPS) is 13.5. The van der Waals surface area contributed by atoms with Crippen molar-refractivity contribution in [3.63, 3.8) is 0 Å². The molecule has 1 aromatic carbocycles. The second kappa shape index (κ2) is 7.85. The molecule has 0 amide bonds. The summed E-state index contributed by atoms with van der Waals surface area (Å²) in [6.45, 7) is 8.20. The molecule has 1 aromatic rings. The zero-order chi connectivity index (χ0) is 14.3. The van der Waals surface area contributed by atoms with Gasteiger partial charge >= 0.3 is 0 Å². The Morgan fingerprint density at radius 2 is 1.95 bits per heavy atom. The van der Waals surface area contributed by atoms with E-state index in [4.69, 9.17) is 21.1 Å². The second-order valence-electron chi connectivity index (χ2n) is 5.61. The Labute approximate surface area is 121 Å². The van der Waals surface area contributed by atoms with Crippen LogP contribution in [0.3, 0.4) is 0 Å². The maximum absolute atomic E-state index is 6.11. The summed E-state index contributed by atoms with van der Waals surface area (Å²) in [4.78, 5) is 0. The molecule has 0 saturated carbocycles. The number of halogens is 1. The van der Waals surface area contributed by atoms with Gasteiger partial charge in [-0.05, 0) is 32.4 Å². The van der Waals surface area contributed by atoms with Crippen LogP contribution in [0.15, 0.2) is 24.3 Å². The number of hydrogen-bond acceptors (Lipinski definition) is 3. The lowest BCUT2D eigenvalue weighted by molar-refractivity contribution is -0.0128. The van der Waals surface area contributed by atoms with Crippen molar-refractivity contribution in [2.75, 3.05) is 20.3 Å². The fraction of sp³-hybridized carbons (Fsp3) is 0.600. The fourth-order valence-electron chi connectivity index (χ4n) is 1.59. The number of benzene rings is 1. The third kappa shape index (κ3) is 6.92. The molecule has 1 atom stereocenters. The molecule has 1 N–H and O–H groups in total. The molecular weight excluding hydrogens is 262 g/mol. The molecule has 19 heavy (non-hydrogen) atoms. The smallest absolute Gasteiger partial charge is 0.0937 e. The lowest BCUT2D eigenvalue weighted by Crippen LogP contribution is -2.43. The molecule has 4 heteroatoms. The van der Waals surface area contributed by atoms with Gasteiger partial charge in [0.05, 0.1) is 19.3 Å². The Balaban J connectivity index is 2.47. The van der Waals surface area contributed by atoms with Gasteiger partial charge in [-0.2, -0.15) is 0 Å². The molecule has 1 unspecified atom stereocenters. The van der Waals surface area contributed by atoms with E-state index in [0.717, 1.165) is 17.1 Å². The fourth-order valence-corrected chi connectivity index (χ4v) is 1.79. The SMILES string of the molecule is COCC(CNC(C)(C)C)OCc1ccccc1Cl. The van der Waals surface area contributed by atoms with E-state index in [1.807, 2.05) is 24.3 Å².